The van der Waals surface area contributed by atoms with Crippen molar-refractivity contribution in [1.82, 2.24) is 14.9 Å². The van der Waals surface area contributed by atoms with Crippen molar-refractivity contribution in [3.63, 3.8) is 0 Å². The minimum absolute atomic E-state index is 0.0674. The van der Waals surface area contributed by atoms with Gasteiger partial charge in [0, 0.05) is 43.8 Å². The Hall–Kier alpha value is -2.70. The second kappa shape index (κ2) is 9.12. The number of urea groups is 1. The number of likely N-dealkylation sites (tertiary alicyclic amines) is 1. The van der Waals surface area contributed by atoms with Crippen LogP contribution in [0.1, 0.15) is 18.4 Å². The van der Waals surface area contributed by atoms with Gasteiger partial charge in [-0.05, 0) is 30.5 Å². The van der Waals surface area contributed by atoms with Gasteiger partial charge in [0.15, 0.2) is 0 Å². The minimum atomic E-state index is -0.0674. The summed E-state index contributed by atoms with van der Waals surface area (Å²) < 4.78 is 0. The van der Waals surface area contributed by atoms with Gasteiger partial charge in [0.1, 0.15) is 0 Å². The number of rotatable bonds is 5. The first-order valence-electron chi connectivity index (χ1n) is 8.91. The molecule has 6 heteroatoms. The number of carbonyl (C=O) groups excluding carboxylic acids is 1. The van der Waals surface area contributed by atoms with Crippen LogP contribution in [0.5, 0.6) is 0 Å². The van der Waals surface area contributed by atoms with Crippen molar-refractivity contribution in [3.8, 4) is 0 Å². The fourth-order valence-corrected chi connectivity index (χ4v) is 3.06. The predicted molar refractivity (Wildman–Crippen MR) is 104 cm³/mol. The smallest absolute Gasteiger partial charge is 0.321 e. The molecule has 0 unspecified atom stereocenters. The van der Waals surface area contributed by atoms with Gasteiger partial charge in [-0.15, -0.1) is 0 Å². The van der Waals surface area contributed by atoms with Gasteiger partial charge in [-0.2, -0.15) is 0 Å². The molecule has 2 heterocycles. The van der Waals surface area contributed by atoms with Crippen LogP contribution in [0.2, 0.25) is 0 Å². The molecule has 1 fully saturated rings. The highest BCUT2D eigenvalue weighted by molar-refractivity contribution is 5.89. The molecule has 0 aliphatic carbocycles. The summed E-state index contributed by atoms with van der Waals surface area (Å²) in [6.07, 6.45) is 9.24. The molecule has 3 N–H and O–H groups in total. The van der Waals surface area contributed by atoms with Crippen LogP contribution in [-0.2, 0) is 0 Å². The topological polar surface area (TPSA) is 74.5 Å². The van der Waals surface area contributed by atoms with Gasteiger partial charge < -0.3 is 10.2 Å². The van der Waals surface area contributed by atoms with Crippen LogP contribution < -0.4 is 11.2 Å². The SMILES string of the molecule is NN(CC=Cc1ccccc1)C1CCN(C(=O)Nc2ccncc2)CC1. The number of amides is 2. The van der Waals surface area contributed by atoms with Crippen molar-refractivity contribution >= 4 is 17.8 Å². The summed E-state index contributed by atoms with van der Waals surface area (Å²) in [4.78, 5) is 18.1. The van der Waals surface area contributed by atoms with Crippen LogP contribution in [-0.4, -0.2) is 46.6 Å². The Labute approximate surface area is 154 Å². The maximum Gasteiger partial charge on any atom is 0.321 e. The number of hydrogen-bond donors (Lipinski definition) is 2. The van der Waals surface area contributed by atoms with Gasteiger partial charge in [-0.3, -0.25) is 10.8 Å². The summed E-state index contributed by atoms with van der Waals surface area (Å²) in [5.74, 6) is 6.21. The van der Waals surface area contributed by atoms with Gasteiger partial charge in [0.2, 0.25) is 0 Å². The standard InChI is InChI=1S/C20H25N5O/c21-25(14-4-7-17-5-2-1-3-6-17)19-10-15-24(16-11-19)20(26)23-18-8-12-22-13-9-18/h1-9,12-13,19H,10-11,14-16,21H2,(H,22,23,26). The first kappa shape index (κ1) is 18.1. The molecule has 1 aromatic heterocycles. The summed E-state index contributed by atoms with van der Waals surface area (Å²) in [5, 5.41) is 4.77. The van der Waals surface area contributed by atoms with Crippen LogP contribution in [0.25, 0.3) is 6.08 Å². The van der Waals surface area contributed by atoms with E-state index in [0.29, 0.717) is 25.7 Å². The molecule has 0 atom stereocenters. The number of hydrogen-bond acceptors (Lipinski definition) is 4. The van der Waals surface area contributed by atoms with Crippen molar-refractivity contribution in [1.29, 1.82) is 0 Å². The first-order valence-corrected chi connectivity index (χ1v) is 8.91. The van der Waals surface area contributed by atoms with E-state index in [0.717, 1.165) is 18.5 Å². The quantitative estimate of drug-likeness (QED) is 0.641. The Bertz CT molecular complexity index is 711. The van der Waals surface area contributed by atoms with Crippen molar-refractivity contribution in [2.24, 2.45) is 5.84 Å². The second-order valence-electron chi connectivity index (χ2n) is 6.39. The van der Waals surface area contributed by atoms with E-state index in [1.54, 1.807) is 24.5 Å². The third kappa shape index (κ3) is 5.15. The largest absolute Gasteiger partial charge is 0.324 e. The Kier molecular flexibility index (Phi) is 6.35. The molecule has 0 bridgehead atoms. The van der Waals surface area contributed by atoms with E-state index >= 15 is 0 Å². The molecule has 1 aliphatic heterocycles. The predicted octanol–water partition coefficient (Wildman–Crippen LogP) is 2.97. The summed E-state index contributed by atoms with van der Waals surface area (Å²) in [6, 6.07) is 14.0. The fraction of sp³-hybridized carbons (Fsp3) is 0.300. The molecule has 1 aliphatic rings. The van der Waals surface area contributed by atoms with Crippen molar-refractivity contribution in [2.75, 3.05) is 25.0 Å². The molecular weight excluding hydrogens is 326 g/mol. The minimum Gasteiger partial charge on any atom is -0.324 e. The Balaban J connectivity index is 1.42. The van der Waals surface area contributed by atoms with E-state index in [9.17, 15) is 4.79 Å². The van der Waals surface area contributed by atoms with E-state index in [1.807, 2.05) is 28.1 Å². The van der Waals surface area contributed by atoms with Gasteiger partial charge >= 0.3 is 6.03 Å². The molecule has 1 aromatic carbocycles. The van der Waals surface area contributed by atoms with Gasteiger partial charge in [0.05, 0.1) is 0 Å². The van der Waals surface area contributed by atoms with E-state index in [4.69, 9.17) is 5.84 Å². The van der Waals surface area contributed by atoms with Crippen LogP contribution in [0.15, 0.2) is 60.9 Å². The lowest BCUT2D eigenvalue weighted by Crippen LogP contribution is -2.50. The van der Waals surface area contributed by atoms with Crippen LogP contribution >= 0.6 is 0 Å². The molecular formula is C20H25N5O. The lowest BCUT2D eigenvalue weighted by molar-refractivity contribution is 0.131. The van der Waals surface area contributed by atoms with E-state index in [-0.39, 0.29) is 6.03 Å². The van der Waals surface area contributed by atoms with Gasteiger partial charge in [-0.1, -0.05) is 42.5 Å². The molecule has 6 nitrogen and oxygen atoms in total. The maximum atomic E-state index is 12.3. The summed E-state index contributed by atoms with van der Waals surface area (Å²) in [5.41, 5.74) is 1.93. The zero-order valence-corrected chi connectivity index (χ0v) is 14.8. The fourth-order valence-electron chi connectivity index (χ4n) is 3.06. The Morgan fingerprint density at radius 3 is 2.58 bits per heavy atom. The number of hydrazine groups is 1. The third-order valence-corrected chi connectivity index (χ3v) is 4.58. The maximum absolute atomic E-state index is 12.3. The molecule has 0 saturated carbocycles. The average Bonchev–Trinajstić information content (AvgIpc) is 2.69. The molecule has 26 heavy (non-hydrogen) atoms. The zero-order chi connectivity index (χ0) is 18.2. The van der Waals surface area contributed by atoms with Crippen LogP contribution in [0.4, 0.5) is 10.5 Å². The molecule has 2 amide bonds. The molecule has 0 radical (unpaired) electrons. The number of nitrogens with two attached hydrogens (primary N) is 1. The lowest BCUT2D eigenvalue weighted by atomic mass is 10.0. The zero-order valence-electron chi connectivity index (χ0n) is 14.8. The number of pyridine rings is 1. The molecule has 2 aromatic rings. The highest BCUT2D eigenvalue weighted by Crippen LogP contribution is 2.16. The van der Waals surface area contributed by atoms with Crippen LogP contribution in [0, 0.1) is 0 Å². The molecule has 1 saturated heterocycles. The summed E-state index contributed by atoms with van der Waals surface area (Å²) >= 11 is 0. The highest BCUT2D eigenvalue weighted by atomic mass is 16.2. The summed E-state index contributed by atoms with van der Waals surface area (Å²) in [7, 11) is 0. The lowest BCUT2D eigenvalue weighted by Gasteiger charge is -2.35. The van der Waals surface area contributed by atoms with E-state index in [2.05, 4.69) is 34.6 Å². The number of nitrogens with zero attached hydrogens (tertiary/aromatic N) is 3. The normalized spacial score (nSPS) is 15.5. The number of piperidine rings is 1. The number of benzene rings is 1. The van der Waals surface area contributed by atoms with Crippen LogP contribution in [0.3, 0.4) is 0 Å². The Morgan fingerprint density at radius 2 is 1.88 bits per heavy atom. The van der Waals surface area contributed by atoms with Crippen molar-refractivity contribution < 1.29 is 4.79 Å². The van der Waals surface area contributed by atoms with Crippen molar-refractivity contribution in [2.45, 2.75) is 18.9 Å². The van der Waals surface area contributed by atoms with E-state index in [1.165, 1.54) is 5.56 Å². The van der Waals surface area contributed by atoms with Gasteiger partial charge in [-0.25, -0.2) is 9.80 Å². The summed E-state index contributed by atoms with van der Waals surface area (Å²) in [6.45, 7) is 2.11. The first-order chi connectivity index (χ1) is 12.7. The monoisotopic (exact) mass is 351 g/mol. The van der Waals surface area contributed by atoms with Crippen molar-refractivity contribution in [3.05, 3.63) is 66.5 Å². The molecule has 3 rings (SSSR count). The molecule has 136 valence electrons. The highest BCUT2D eigenvalue weighted by Gasteiger charge is 2.25. The third-order valence-electron chi connectivity index (χ3n) is 4.58. The molecule has 0 spiro atoms. The van der Waals surface area contributed by atoms with E-state index < -0.39 is 0 Å². The number of carbonyl (C=O) groups is 1. The second-order valence-corrected chi connectivity index (χ2v) is 6.39. The number of nitrogens with one attached hydrogen (secondary N) is 1. The number of aromatic nitrogens is 1. The Morgan fingerprint density at radius 1 is 1.19 bits per heavy atom. The average molecular weight is 351 g/mol. The number of anilines is 1. The van der Waals surface area contributed by atoms with Gasteiger partial charge in [0.25, 0.3) is 0 Å².